The molecule has 6 heteroatoms. The number of nitrogens with one attached hydrogen (secondary N) is 1. The third kappa shape index (κ3) is 4.68. The lowest BCUT2D eigenvalue weighted by Crippen LogP contribution is -2.59. The molecule has 6 aromatic rings. The van der Waals surface area contributed by atoms with Crippen LogP contribution in [-0.4, -0.2) is 17.6 Å². The standard InChI is InChI=1S/C42H30Cl2N4/c43-36-27-15-13-25-34(36)41(45-29-38(46-41)30-17-5-1-6-18-30)42(35-26-14-16-28-37(35)44)47-39(31-19-7-2-8-20-31)40(48-42,32-21-9-3-10-22-32)33-23-11-4-12-24-33/h1-29,48H. The molecule has 0 spiro atoms. The number of halogens is 2. The second kappa shape index (κ2) is 12.1. The van der Waals surface area contributed by atoms with Crippen LogP contribution in [0.25, 0.3) is 0 Å². The second-order valence-corrected chi connectivity index (χ2v) is 12.7. The number of hydrogen-bond acceptors (Lipinski definition) is 4. The van der Waals surface area contributed by atoms with Crippen molar-refractivity contribution in [3.63, 3.8) is 0 Å². The van der Waals surface area contributed by atoms with Gasteiger partial charge in [0, 0.05) is 26.7 Å². The van der Waals surface area contributed by atoms with E-state index in [0.717, 1.165) is 39.2 Å². The Bertz CT molecular complexity index is 2140. The van der Waals surface area contributed by atoms with Crippen molar-refractivity contribution in [1.29, 1.82) is 0 Å². The zero-order valence-corrected chi connectivity index (χ0v) is 27.4. The Balaban J connectivity index is 1.54. The van der Waals surface area contributed by atoms with Crippen LogP contribution in [0, 0.1) is 0 Å². The summed E-state index contributed by atoms with van der Waals surface area (Å²) in [5, 5.41) is 5.22. The maximum Gasteiger partial charge on any atom is 0.220 e. The minimum absolute atomic E-state index is 0.523. The predicted octanol–water partition coefficient (Wildman–Crippen LogP) is 9.61. The smallest absolute Gasteiger partial charge is 0.220 e. The fourth-order valence-corrected chi connectivity index (χ4v) is 7.60. The number of hydrogen-bond donors (Lipinski definition) is 1. The average molecular weight is 662 g/mol. The van der Waals surface area contributed by atoms with E-state index in [4.69, 9.17) is 38.2 Å². The molecular weight excluding hydrogens is 631 g/mol. The lowest BCUT2D eigenvalue weighted by atomic mass is 9.75. The Hall–Kier alpha value is -5.13. The third-order valence-corrected chi connectivity index (χ3v) is 9.87. The van der Waals surface area contributed by atoms with Gasteiger partial charge >= 0.3 is 0 Å². The van der Waals surface area contributed by atoms with Gasteiger partial charge in [-0.15, -0.1) is 0 Å². The van der Waals surface area contributed by atoms with E-state index in [1.54, 1.807) is 0 Å². The molecule has 0 bridgehead atoms. The fraction of sp³-hybridized carbons (Fsp3) is 0.0714. The molecule has 0 amide bonds. The highest BCUT2D eigenvalue weighted by Crippen LogP contribution is 2.57. The van der Waals surface area contributed by atoms with Gasteiger partial charge in [-0.3, -0.25) is 15.3 Å². The van der Waals surface area contributed by atoms with Crippen molar-refractivity contribution in [2.24, 2.45) is 15.0 Å². The fourth-order valence-electron chi connectivity index (χ4n) is 7.06. The van der Waals surface area contributed by atoms with E-state index in [9.17, 15) is 0 Å². The van der Waals surface area contributed by atoms with Gasteiger partial charge in [0.2, 0.25) is 5.66 Å². The molecule has 0 aromatic heterocycles. The van der Waals surface area contributed by atoms with E-state index in [1.807, 2.05) is 115 Å². The molecule has 0 fully saturated rings. The average Bonchev–Trinajstić information content (AvgIpc) is 3.77. The number of benzene rings is 6. The summed E-state index contributed by atoms with van der Waals surface area (Å²) in [4.78, 5) is 16.8. The van der Waals surface area contributed by atoms with Crippen molar-refractivity contribution < 1.29 is 0 Å². The third-order valence-electron chi connectivity index (χ3n) is 9.21. The summed E-state index contributed by atoms with van der Waals surface area (Å²) in [6.45, 7) is 0. The molecular formula is C42H30Cl2N4. The number of rotatable bonds is 7. The van der Waals surface area contributed by atoms with Gasteiger partial charge in [-0.25, -0.2) is 4.99 Å². The summed E-state index contributed by atoms with van der Waals surface area (Å²) in [5.41, 5.74) is 3.11. The molecule has 2 atom stereocenters. The summed E-state index contributed by atoms with van der Waals surface area (Å²) < 4.78 is 0. The van der Waals surface area contributed by atoms with Crippen molar-refractivity contribution >= 4 is 40.8 Å². The highest BCUT2D eigenvalue weighted by atomic mass is 35.5. The minimum Gasteiger partial charge on any atom is -0.267 e. The number of aliphatic imine (C=N–C) groups is 3. The second-order valence-electron chi connectivity index (χ2n) is 11.9. The lowest BCUT2D eigenvalue weighted by Gasteiger charge is -2.44. The molecule has 0 aliphatic carbocycles. The zero-order chi connectivity index (χ0) is 32.6. The van der Waals surface area contributed by atoms with E-state index in [0.29, 0.717) is 15.6 Å². The van der Waals surface area contributed by atoms with Gasteiger partial charge in [-0.1, -0.05) is 181 Å². The molecule has 0 radical (unpaired) electrons. The lowest BCUT2D eigenvalue weighted by molar-refractivity contribution is 0.181. The molecule has 0 saturated heterocycles. The Morgan fingerprint density at radius 3 is 1.46 bits per heavy atom. The van der Waals surface area contributed by atoms with Crippen LogP contribution in [0.15, 0.2) is 185 Å². The van der Waals surface area contributed by atoms with Crippen molar-refractivity contribution in [1.82, 2.24) is 5.32 Å². The first-order valence-electron chi connectivity index (χ1n) is 15.8. The predicted molar refractivity (Wildman–Crippen MR) is 198 cm³/mol. The molecule has 2 heterocycles. The molecule has 232 valence electrons. The molecule has 6 aromatic carbocycles. The molecule has 2 aliphatic rings. The first-order valence-corrected chi connectivity index (χ1v) is 16.6. The Labute approximate surface area is 290 Å². The van der Waals surface area contributed by atoms with Crippen LogP contribution in [0.2, 0.25) is 10.0 Å². The van der Waals surface area contributed by atoms with Crippen LogP contribution < -0.4 is 5.32 Å². The van der Waals surface area contributed by atoms with E-state index >= 15 is 0 Å². The summed E-state index contributed by atoms with van der Waals surface area (Å²) in [5.74, 6) is 0. The molecule has 2 unspecified atom stereocenters. The van der Waals surface area contributed by atoms with Gasteiger partial charge in [-0.05, 0) is 28.8 Å². The SMILES string of the molecule is Clc1ccccc1C1(C2(c3ccccc3Cl)N=C(c3ccccc3)C(c3ccccc3)(c3ccccc3)N2)N=CC(c2ccccc2)=N1. The molecule has 2 aliphatic heterocycles. The molecule has 8 rings (SSSR count). The van der Waals surface area contributed by atoms with Crippen LogP contribution in [0.3, 0.4) is 0 Å². The molecule has 4 nitrogen and oxygen atoms in total. The van der Waals surface area contributed by atoms with Gasteiger partial charge in [0.25, 0.3) is 0 Å². The van der Waals surface area contributed by atoms with E-state index in [-0.39, 0.29) is 0 Å². The minimum atomic E-state index is -1.41. The van der Waals surface area contributed by atoms with Gasteiger partial charge in [0.1, 0.15) is 5.54 Å². The van der Waals surface area contributed by atoms with Crippen molar-refractivity contribution in [2.75, 3.05) is 0 Å². The van der Waals surface area contributed by atoms with E-state index < -0.39 is 16.9 Å². The quantitative estimate of drug-likeness (QED) is 0.182. The van der Waals surface area contributed by atoms with Crippen LogP contribution >= 0.6 is 23.2 Å². The zero-order valence-electron chi connectivity index (χ0n) is 25.8. The summed E-state index contributed by atoms with van der Waals surface area (Å²) in [6, 6.07) is 56.8. The van der Waals surface area contributed by atoms with Crippen LogP contribution in [0.5, 0.6) is 0 Å². The van der Waals surface area contributed by atoms with E-state index in [1.165, 1.54) is 0 Å². The largest absolute Gasteiger partial charge is 0.267 e. The normalized spacial score (nSPS) is 21.1. The van der Waals surface area contributed by atoms with Gasteiger partial charge in [0.15, 0.2) is 5.66 Å². The van der Waals surface area contributed by atoms with Gasteiger partial charge < -0.3 is 0 Å². The Kier molecular flexibility index (Phi) is 7.65. The van der Waals surface area contributed by atoms with E-state index in [2.05, 4.69) is 66.0 Å². The van der Waals surface area contributed by atoms with Gasteiger partial charge in [-0.2, -0.15) is 0 Å². The first kappa shape index (κ1) is 30.2. The van der Waals surface area contributed by atoms with Crippen LogP contribution in [0.1, 0.15) is 33.4 Å². The highest BCUT2D eigenvalue weighted by Gasteiger charge is 2.65. The molecule has 1 N–H and O–H groups in total. The topological polar surface area (TPSA) is 49.1 Å². The summed E-state index contributed by atoms with van der Waals surface area (Å²) in [7, 11) is 0. The number of nitrogens with zero attached hydrogens (tertiary/aromatic N) is 3. The van der Waals surface area contributed by atoms with Crippen LogP contribution in [-0.2, 0) is 16.9 Å². The van der Waals surface area contributed by atoms with Crippen LogP contribution in [0.4, 0.5) is 0 Å². The Morgan fingerprint density at radius 1 is 0.458 bits per heavy atom. The highest BCUT2D eigenvalue weighted by molar-refractivity contribution is 6.40. The molecule has 0 saturated carbocycles. The maximum atomic E-state index is 7.25. The Morgan fingerprint density at radius 2 is 0.917 bits per heavy atom. The summed E-state index contributed by atoms with van der Waals surface area (Å²) in [6.07, 6.45) is 1.84. The molecule has 48 heavy (non-hydrogen) atoms. The monoisotopic (exact) mass is 660 g/mol. The van der Waals surface area contributed by atoms with Crippen molar-refractivity contribution in [3.05, 3.63) is 213 Å². The maximum absolute atomic E-state index is 7.25. The first-order chi connectivity index (χ1) is 23.6. The van der Waals surface area contributed by atoms with Crippen molar-refractivity contribution in [3.8, 4) is 0 Å². The summed E-state index contributed by atoms with van der Waals surface area (Å²) >= 11 is 14.4. The van der Waals surface area contributed by atoms with Gasteiger partial charge in [0.05, 0.1) is 17.6 Å². The van der Waals surface area contributed by atoms with Crippen molar-refractivity contribution in [2.45, 2.75) is 16.9 Å².